The van der Waals surface area contributed by atoms with E-state index in [9.17, 15) is 20.3 Å². The lowest BCUT2D eigenvalue weighted by Gasteiger charge is -2.41. The minimum absolute atomic E-state index is 0.0885. The molecule has 1 heterocycles. The number of carboxylic acids is 1. The van der Waals surface area contributed by atoms with Crippen molar-refractivity contribution in [1.82, 2.24) is 5.32 Å². The van der Waals surface area contributed by atoms with Gasteiger partial charge in [-0.15, -0.1) is 0 Å². The fourth-order valence-electron chi connectivity index (χ4n) is 5.70. The largest absolute Gasteiger partial charge is 0.480 e. The molecule has 5 unspecified atom stereocenters. The van der Waals surface area contributed by atoms with E-state index < -0.39 is 46.4 Å². The molecule has 0 saturated carbocycles. The normalized spacial score (nSPS) is 30.2. The van der Waals surface area contributed by atoms with Crippen molar-refractivity contribution in [2.45, 2.75) is 49.1 Å². The number of carbonyl (C=O) groups is 1. The molecule has 1 aliphatic carbocycles. The van der Waals surface area contributed by atoms with Gasteiger partial charge in [0.1, 0.15) is 23.1 Å². The average molecular weight is 521 g/mol. The summed E-state index contributed by atoms with van der Waals surface area (Å²) >= 11 is 12.0. The molecule has 4 rings (SSSR count). The van der Waals surface area contributed by atoms with Gasteiger partial charge in [0.2, 0.25) is 0 Å². The molecular weight excluding hydrogens is 497 g/mol. The number of aliphatic hydroxyl groups excluding tert-OH is 1. The first-order chi connectivity index (χ1) is 16.7. The molecule has 2 aromatic carbocycles. The fourth-order valence-corrected chi connectivity index (χ4v) is 6.04. The van der Waals surface area contributed by atoms with E-state index in [1.165, 1.54) is 30.3 Å². The maximum absolute atomic E-state index is 15.5. The van der Waals surface area contributed by atoms with Gasteiger partial charge in [-0.25, -0.2) is 8.78 Å². The summed E-state index contributed by atoms with van der Waals surface area (Å²) < 4.78 is 30.8. The van der Waals surface area contributed by atoms with Gasteiger partial charge in [0.25, 0.3) is 0 Å². The Kier molecular flexibility index (Phi) is 7.21. The maximum Gasteiger partial charge on any atom is 0.321 e. The topological polar surface area (TPSA) is 93.4 Å². The smallest absolute Gasteiger partial charge is 0.321 e. The Balaban J connectivity index is 1.99. The van der Waals surface area contributed by atoms with Crippen molar-refractivity contribution in [3.8, 4) is 6.07 Å². The second-order valence-corrected chi connectivity index (χ2v) is 10.2. The number of hydrogen-bond donors (Lipinski definition) is 3. The predicted octanol–water partition coefficient (Wildman–Crippen LogP) is 5.35. The number of nitrogens with zero attached hydrogens (tertiary/aromatic N) is 1. The van der Waals surface area contributed by atoms with Crippen LogP contribution in [0.1, 0.15) is 42.7 Å². The van der Waals surface area contributed by atoms with E-state index in [2.05, 4.69) is 11.4 Å². The Morgan fingerprint density at radius 3 is 2.60 bits per heavy atom. The minimum Gasteiger partial charge on any atom is -0.480 e. The zero-order valence-corrected chi connectivity index (χ0v) is 20.2. The van der Waals surface area contributed by atoms with Crippen molar-refractivity contribution in [2.24, 2.45) is 5.41 Å². The molecule has 1 saturated heterocycles. The molecule has 2 aromatic rings. The van der Waals surface area contributed by atoms with Crippen molar-refractivity contribution in [2.75, 3.05) is 6.61 Å². The molecule has 5 nitrogen and oxygen atoms in total. The van der Waals surface area contributed by atoms with E-state index >= 15 is 8.78 Å². The van der Waals surface area contributed by atoms with Crippen molar-refractivity contribution in [1.29, 1.82) is 5.26 Å². The summed E-state index contributed by atoms with van der Waals surface area (Å²) in [5, 5.41) is 34.0. The number of halogens is 4. The first-order valence-corrected chi connectivity index (χ1v) is 12.0. The lowest BCUT2D eigenvalue weighted by atomic mass is 9.61. The molecule has 0 aromatic heterocycles. The molecule has 1 fully saturated rings. The molecule has 3 N–H and O–H groups in total. The van der Waals surface area contributed by atoms with Crippen molar-refractivity contribution in [3.63, 3.8) is 0 Å². The Morgan fingerprint density at radius 1 is 1.23 bits per heavy atom. The second kappa shape index (κ2) is 9.87. The number of aliphatic carboxylic acids is 1. The Morgan fingerprint density at radius 2 is 2.00 bits per heavy atom. The van der Waals surface area contributed by atoms with Crippen LogP contribution in [0.4, 0.5) is 8.78 Å². The first-order valence-electron chi connectivity index (χ1n) is 11.2. The standard InChI is InChI=1S/C26H24Cl2F2N2O3/c27-15-7-8-17(19(29)11-15)26(13-31)20(12-25(14-33)9-2-1-3-10-25)32-23(24(34)35)21(26)16-5-4-6-18(28)22(16)30/h1-2,4-8,11,20-21,23,32-33H,3,9-10,12,14H2,(H,34,35). The maximum atomic E-state index is 15.5. The van der Waals surface area contributed by atoms with E-state index in [0.29, 0.717) is 19.3 Å². The number of hydrogen-bond acceptors (Lipinski definition) is 4. The van der Waals surface area contributed by atoms with Gasteiger partial charge in [-0.1, -0.05) is 53.6 Å². The summed E-state index contributed by atoms with van der Waals surface area (Å²) in [6.07, 6.45) is 5.94. The van der Waals surface area contributed by atoms with Crippen molar-refractivity contribution < 1.29 is 23.8 Å². The second-order valence-electron chi connectivity index (χ2n) is 9.34. The Bertz CT molecular complexity index is 1220. The van der Waals surface area contributed by atoms with Crippen LogP contribution < -0.4 is 5.32 Å². The lowest BCUT2D eigenvalue weighted by molar-refractivity contribution is -0.139. The van der Waals surface area contributed by atoms with Gasteiger partial charge in [-0.3, -0.25) is 10.1 Å². The van der Waals surface area contributed by atoms with Gasteiger partial charge < -0.3 is 10.2 Å². The number of aliphatic hydroxyl groups is 1. The van der Waals surface area contributed by atoms with Crippen LogP contribution in [0.3, 0.4) is 0 Å². The van der Waals surface area contributed by atoms with Crippen LogP contribution >= 0.6 is 23.2 Å². The summed E-state index contributed by atoms with van der Waals surface area (Å²) in [7, 11) is 0. The van der Waals surface area contributed by atoms with Crippen LogP contribution in [0, 0.1) is 28.4 Å². The highest BCUT2D eigenvalue weighted by atomic mass is 35.5. The fraction of sp³-hybridized carbons (Fsp3) is 0.385. The Hall–Kier alpha value is -2.50. The highest BCUT2D eigenvalue weighted by Gasteiger charge is 2.62. The summed E-state index contributed by atoms with van der Waals surface area (Å²) in [6.45, 7) is -0.200. The molecule has 1 aliphatic heterocycles. The highest BCUT2D eigenvalue weighted by molar-refractivity contribution is 6.31. The van der Waals surface area contributed by atoms with Crippen LogP contribution in [0.15, 0.2) is 48.6 Å². The number of carboxylic acid groups (broad SMARTS) is 1. The van der Waals surface area contributed by atoms with Crippen LogP contribution in [-0.2, 0) is 10.2 Å². The van der Waals surface area contributed by atoms with Crippen LogP contribution in [0.25, 0.3) is 0 Å². The highest BCUT2D eigenvalue weighted by Crippen LogP contribution is 2.54. The van der Waals surface area contributed by atoms with Gasteiger partial charge in [0, 0.05) is 29.2 Å². The van der Waals surface area contributed by atoms with E-state index in [4.69, 9.17) is 23.2 Å². The molecule has 0 bridgehead atoms. The number of benzene rings is 2. The molecule has 35 heavy (non-hydrogen) atoms. The SMILES string of the molecule is N#CC1(c2ccc(Cl)cc2F)C(CC2(CO)CC=CCC2)NC(C(=O)O)C1c1cccc(Cl)c1F. The number of nitriles is 1. The molecule has 184 valence electrons. The van der Waals surface area contributed by atoms with Gasteiger partial charge in [-0.2, -0.15) is 5.26 Å². The first kappa shape index (κ1) is 25.6. The summed E-state index contributed by atoms with van der Waals surface area (Å²) in [5.74, 6) is -4.29. The molecule has 2 aliphatic rings. The van der Waals surface area contributed by atoms with Gasteiger partial charge in [0.15, 0.2) is 0 Å². The third-order valence-electron chi connectivity index (χ3n) is 7.43. The summed E-state index contributed by atoms with van der Waals surface area (Å²) in [4.78, 5) is 12.4. The van der Waals surface area contributed by atoms with Crippen molar-refractivity contribution >= 4 is 29.2 Å². The van der Waals surface area contributed by atoms with Crippen LogP contribution in [0.2, 0.25) is 10.0 Å². The van der Waals surface area contributed by atoms with E-state index in [-0.39, 0.29) is 34.2 Å². The monoisotopic (exact) mass is 520 g/mol. The Labute approximate surface area is 212 Å². The number of rotatable bonds is 6. The number of nitrogens with one attached hydrogen (secondary N) is 1. The lowest BCUT2D eigenvalue weighted by Crippen LogP contribution is -2.47. The third-order valence-corrected chi connectivity index (χ3v) is 7.96. The van der Waals surface area contributed by atoms with Gasteiger partial charge in [-0.05, 0) is 54.9 Å². The van der Waals surface area contributed by atoms with E-state index in [0.717, 1.165) is 6.07 Å². The quantitative estimate of drug-likeness (QED) is 0.446. The van der Waals surface area contributed by atoms with Gasteiger partial charge in [0.05, 0.1) is 11.1 Å². The molecule has 0 radical (unpaired) electrons. The number of allylic oxidation sites excluding steroid dienone is 2. The summed E-state index contributed by atoms with van der Waals surface area (Å²) in [5.41, 5.74) is -2.68. The van der Waals surface area contributed by atoms with Crippen LogP contribution in [0.5, 0.6) is 0 Å². The molecular formula is C26H24Cl2F2N2O3. The zero-order chi connectivity index (χ0) is 25.4. The predicted molar refractivity (Wildman–Crippen MR) is 128 cm³/mol. The minimum atomic E-state index is -1.84. The molecule has 9 heteroatoms. The van der Waals surface area contributed by atoms with Crippen LogP contribution in [-0.4, -0.2) is 34.9 Å². The average Bonchev–Trinajstić information content (AvgIpc) is 3.16. The molecule has 0 spiro atoms. The zero-order valence-electron chi connectivity index (χ0n) is 18.6. The van der Waals surface area contributed by atoms with E-state index in [1.54, 1.807) is 0 Å². The van der Waals surface area contributed by atoms with Crippen molar-refractivity contribution in [3.05, 3.63) is 81.4 Å². The molecule has 0 amide bonds. The molecule has 5 atom stereocenters. The van der Waals surface area contributed by atoms with Gasteiger partial charge >= 0.3 is 5.97 Å². The van der Waals surface area contributed by atoms with E-state index in [1.807, 2.05) is 12.2 Å². The third kappa shape index (κ3) is 4.34. The summed E-state index contributed by atoms with van der Waals surface area (Å²) in [6, 6.07) is 7.83.